The molecule has 0 amide bonds. The van der Waals surface area contributed by atoms with Crippen LogP contribution in [0.4, 0.5) is 8.78 Å². The van der Waals surface area contributed by atoms with Crippen LogP contribution >= 0.6 is 0 Å². The third kappa shape index (κ3) is 2.91. The van der Waals surface area contributed by atoms with Gasteiger partial charge < -0.3 is 5.32 Å². The molecule has 2 aromatic carbocycles. The lowest BCUT2D eigenvalue weighted by Gasteiger charge is -2.09. The lowest BCUT2D eigenvalue weighted by atomic mass is 9.96. The van der Waals surface area contributed by atoms with E-state index in [4.69, 9.17) is 0 Å². The van der Waals surface area contributed by atoms with Gasteiger partial charge in [0.05, 0.1) is 5.56 Å². The van der Waals surface area contributed by atoms with Crippen LogP contribution in [-0.2, 0) is 6.42 Å². The van der Waals surface area contributed by atoms with Crippen molar-refractivity contribution in [3.05, 3.63) is 70.8 Å². The lowest BCUT2D eigenvalue weighted by Crippen LogP contribution is -2.14. The van der Waals surface area contributed by atoms with Crippen LogP contribution in [0.1, 0.15) is 21.5 Å². The van der Waals surface area contributed by atoms with Crippen molar-refractivity contribution in [3.8, 4) is 0 Å². The summed E-state index contributed by atoms with van der Waals surface area (Å²) in [6.07, 6.45) is 0.648. The minimum atomic E-state index is -1.10. The van der Waals surface area contributed by atoms with E-state index in [1.54, 1.807) is 12.1 Å². The van der Waals surface area contributed by atoms with Crippen LogP contribution in [0, 0.1) is 11.6 Å². The van der Waals surface area contributed by atoms with Crippen molar-refractivity contribution in [1.82, 2.24) is 5.32 Å². The molecule has 0 atom stereocenters. The zero-order valence-corrected chi connectivity index (χ0v) is 11.1. The molecule has 20 heavy (non-hydrogen) atoms. The molecule has 0 aromatic heterocycles. The summed E-state index contributed by atoms with van der Waals surface area (Å²) in [7, 11) is 1.82. The third-order valence-corrected chi connectivity index (χ3v) is 3.10. The van der Waals surface area contributed by atoms with Crippen molar-refractivity contribution in [1.29, 1.82) is 0 Å². The minimum absolute atomic E-state index is 0.234. The molecule has 0 radical (unpaired) electrons. The first-order valence-electron chi connectivity index (χ1n) is 6.36. The van der Waals surface area contributed by atoms with Gasteiger partial charge in [-0.15, -0.1) is 0 Å². The highest BCUT2D eigenvalue weighted by molar-refractivity contribution is 6.10. The van der Waals surface area contributed by atoms with Crippen LogP contribution in [0.25, 0.3) is 0 Å². The molecular formula is C16H15F2NO. The summed E-state index contributed by atoms with van der Waals surface area (Å²) < 4.78 is 26.9. The maximum atomic E-state index is 13.7. The molecular weight excluding hydrogens is 260 g/mol. The predicted molar refractivity (Wildman–Crippen MR) is 73.9 cm³/mol. The van der Waals surface area contributed by atoms with Gasteiger partial charge in [-0.3, -0.25) is 4.79 Å². The number of carbonyl (C=O) groups is 1. The van der Waals surface area contributed by atoms with Crippen LogP contribution in [-0.4, -0.2) is 19.4 Å². The zero-order chi connectivity index (χ0) is 14.5. The molecule has 0 heterocycles. The number of benzene rings is 2. The van der Waals surface area contributed by atoms with Crippen molar-refractivity contribution >= 4 is 5.78 Å². The summed E-state index contributed by atoms with van der Waals surface area (Å²) in [6.45, 7) is 0.704. The number of hydrogen-bond donors (Lipinski definition) is 1. The molecule has 104 valence electrons. The van der Waals surface area contributed by atoms with Crippen LogP contribution in [0.2, 0.25) is 0 Å². The monoisotopic (exact) mass is 275 g/mol. The molecule has 0 bridgehead atoms. The van der Waals surface area contributed by atoms with E-state index in [2.05, 4.69) is 5.32 Å². The SMILES string of the molecule is CNCCc1ccccc1C(=O)c1cccc(F)c1F. The molecule has 0 spiro atoms. The van der Waals surface area contributed by atoms with Gasteiger partial charge >= 0.3 is 0 Å². The number of rotatable bonds is 5. The fraction of sp³-hybridized carbons (Fsp3) is 0.188. The van der Waals surface area contributed by atoms with E-state index in [9.17, 15) is 13.6 Å². The Morgan fingerprint density at radius 3 is 2.50 bits per heavy atom. The zero-order valence-electron chi connectivity index (χ0n) is 11.1. The second-order valence-corrected chi connectivity index (χ2v) is 4.44. The Bertz CT molecular complexity index is 626. The second kappa shape index (κ2) is 6.39. The van der Waals surface area contributed by atoms with Gasteiger partial charge in [-0.05, 0) is 37.7 Å². The number of ketones is 1. The van der Waals surface area contributed by atoms with Gasteiger partial charge in [-0.1, -0.05) is 30.3 Å². The van der Waals surface area contributed by atoms with Crippen molar-refractivity contribution in [3.63, 3.8) is 0 Å². The number of hydrogen-bond acceptors (Lipinski definition) is 2. The second-order valence-electron chi connectivity index (χ2n) is 4.44. The molecule has 1 N–H and O–H groups in total. The first-order chi connectivity index (χ1) is 9.65. The van der Waals surface area contributed by atoms with Gasteiger partial charge in [0.2, 0.25) is 0 Å². The highest BCUT2D eigenvalue weighted by Crippen LogP contribution is 2.19. The molecule has 0 aliphatic carbocycles. The summed E-state index contributed by atoms with van der Waals surface area (Å²) in [5.41, 5.74) is 0.990. The fourth-order valence-electron chi connectivity index (χ4n) is 2.04. The molecule has 2 aromatic rings. The van der Waals surface area contributed by atoms with Gasteiger partial charge in [-0.25, -0.2) is 8.78 Å². The van der Waals surface area contributed by atoms with Crippen molar-refractivity contribution in [2.45, 2.75) is 6.42 Å². The van der Waals surface area contributed by atoms with E-state index in [0.29, 0.717) is 18.5 Å². The Kier molecular flexibility index (Phi) is 4.58. The molecule has 0 unspecified atom stereocenters. The summed E-state index contributed by atoms with van der Waals surface area (Å²) >= 11 is 0. The number of likely N-dealkylation sites (N-methyl/N-ethyl adjacent to an activating group) is 1. The molecule has 2 nitrogen and oxygen atoms in total. The average Bonchev–Trinajstić information content (AvgIpc) is 2.47. The first-order valence-corrected chi connectivity index (χ1v) is 6.36. The molecule has 0 fully saturated rings. The standard InChI is InChI=1S/C16H15F2NO/c1-19-10-9-11-5-2-3-6-12(11)16(20)13-7-4-8-14(17)15(13)18/h2-8,19H,9-10H2,1H3. The van der Waals surface area contributed by atoms with Crippen molar-refractivity contribution < 1.29 is 13.6 Å². The Morgan fingerprint density at radius 1 is 1.05 bits per heavy atom. The predicted octanol–water partition coefficient (Wildman–Crippen LogP) is 2.96. The lowest BCUT2D eigenvalue weighted by molar-refractivity contribution is 0.103. The van der Waals surface area contributed by atoms with Crippen molar-refractivity contribution in [2.75, 3.05) is 13.6 Å². The maximum Gasteiger partial charge on any atom is 0.196 e. The van der Waals surface area contributed by atoms with E-state index in [1.807, 2.05) is 19.2 Å². The van der Waals surface area contributed by atoms with Crippen LogP contribution in [0.3, 0.4) is 0 Å². The van der Waals surface area contributed by atoms with Crippen LogP contribution < -0.4 is 5.32 Å². The number of nitrogens with one attached hydrogen (secondary N) is 1. The quantitative estimate of drug-likeness (QED) is 0.850. The smallest absolute Gasteiger partial charge is 0.196 e. The Hall–Kier alpha value is -2.07. The Labute approximate surface area is 116 Å². The maximum absolute atomic E-state index is 13.7. The van der Waals surface area contributed by atoms with E-state index in [0.717, 1.165) is 11.6 Å². The van der Waals surface area contributed by atoms with Gasteiger partial charge in [0.1, 0.15) is 0 Å². The highest BCUT2D eigenvalue weighted by Gasteiger charge is 2.18. The molecule has 0 saturated carbocycles. The minimum Gasteiger partial charge on any atom is -0.319 e. The third-order valence-electron chi connectivity index (χ3n) is 3.10. The summed E-state index contributed by atoms with van der Waals surface area (Å²) in [5.74, 6) is -2.60. The van der Waals surface area contributed by atoms with E-state index in [1.165, 1.54) is 12.1 Å². The molecule has 4 heteroatoms. The van der Waals surface area contributed by atoms with E-state index >= 15 is 0 Å². The number of halogens is 2. The highest BCUT2D eigenvalue weighted by atomic mass is 19.2. The van der Waals surface area contributed by atoms with Gasteiger partial charge in [-0.2, -0.15) is 0 Å². The van der Waals surface area contributed by atoms with E-state index < -0.39 is 17.4 Å². The van der Waals surface area contributed by atoms with Gasteiger partial charge in [0.25, 0.3) is 0 Å². The Balaban J connectivity index is 2.40. The van der Waals surface area contributed by atoms with Crippen molar-refractivity contribution in [2.24, 2.45) is 0 Å². The molecule has 2 rings (SSSR count). The summed E-state index contributed by atoms with van der Waals surface area (Å²) in [5, 5.41) is 3.00. The molecule has 0 aliphatic heterocycles. The number of carbonyl (C=O) groups excluding carboxylic acids is 1. The topological polar surface area (TPSA) is 29.1 Å². The largest absolute Gasteiger partial charge is 0.319 e. The first kappa shape index (κ1) is 14.3. The van der Waals surface area contributed by atoms with Gasteiger partial charge in [0.15, 0.2) is 17.4 Å². The normalized spacial score (nSPS) is 10.6. The fourth-order valence-corrected chi connectivity index (χ4v) is 2.04. The Morgan fingerprint density at radius 2 is 1.75 bits per heavy atom. The summed E-state index contributed by atoms with van der Waals surface area (Å²) in [6, 6.07) is 10.6. The average molecular weight is 275 g/mol. The van der Waals surface area contributed by atoms with E-state index in [-0.39, 0.29) is 5.56 Å². The molecule has 0 saturated heterocycles. The van der Waals surface area contributed by atoms with Crippen LogP contribution in [0.15, 0.2) is 42.5 Å². The summed E-state index contributed by atoms with van der Waals surface area (Å²) in [4.78, 5) is 12.4. The van der Waals surface area contributed by atoms with Gasteiger partial charge in [0, 0.05) is 5.56 Å². The molecule has 0 aliphatic rings. The van der Waals surface area contributed by atoms with Crippen LogP contribution in [0.5, 0.6) is 0 Å².